The fourth-order valence-corrected chi connectivity index (χ4v) is 3.45. The second kappa shape index (κ2) is 6.30. The maximum absolute atomic E-state index is 11.2. The number of hydrogen-bond acceptors (Lipinski definition) is 8. The van der Waals surface area contributed by atoms with E-state index in [4.69, 9.17) is 14.7 Å². The van der Waals surface area contributed by atoms with E-state index in [2.05, 4.69) is 13.2 Å². The summed E-state index contributed by atoms with van der Waals surface area (Å²) in [6, 6.07) is 0. The molecule has 118 valence electrons. The molecule has 0 spiro atoms. The summed E-state index contributed by atoms with van der Waals surface area (Å²) in [5, 5.41) is 0. The maximum atomic E-state index is 11.2. The normalized spacial score (nSPS) is 15.3. The summed E-state index contributed by atoms with van der Waals surface area (Å²) in [6.45, 7) is 1.28. The summed E-state index contributed by atoms with van der Waals surface area (Å²) < 4.78 is 44.3. The van der Waals surface area contributed by atoms with E-state index in [1.54, 1.807) is 4.98 Å². The molecule has 0 aliphatic rings. The Morgan fingerprint density at radius 1 is 1.29 bits per heavy atom. The van der Waals surface area contributed by atoms with Crippen molar-refractivity contribution in [1.29, 1.82) is 0 Å². The quantitative estimate of drug-likeness (QED) is 0.459. The van der Waals surface area contributed by atoms with Gasteiger partial charge >= 0.3 is 29.6 Å². The van der Waals surface area contributed by atoms with Gasteiger partial charge in [0.15, 0.2) is 0 Å². The van der Waals surface area contributed by atoms with Crippen LogP contribution < -0.4 is 15.9 Å². The van der Waals surface area contributed by atoms with Crippen LogP contribution in [0.25, 0.3) is 0 Å². The number of aromatic amines is 1. The van der Waals surface area contributed by atoms with Crippen LogP contribution in [0.2, 0.25) is 0 Å². The molecule has 0 amide bonds. The van der Waals surface area contributed by atoms with E-state index in [-0.39, 0.29) is 10.3 Å². The highest BCUT2D eigenvalue weighted by molar-refractivity contribution is 7.64. The van der Waals surface area contributed by atoms with Gasteiger partial charge in [0.05, 0.1) is 6.20 Å². The number of aryl methyl sites for hydroxylation is 1. The van der Waals surface area contributed by atoms with Gasteiger partial charge < -0.3 is 9.79 Å². The minimum atomic E-state index is -5.40. The third-order valence-corrected chi connectivity index (χ3v) is 4.97. The maximum Gasteiger partial charge on any atom is 0.782 e. The number of nitrogens with zero attached hydrogens (tertiary/aromatic N) is 1. The molecule has 0 saturated heterocycles. The van der Waals surface area contributed by atoms with E-state index < -0.39 is 35.1 Å². The predicted molar refractivity (Wildman–Crippen MR) is 64.3 cm³/mol. The minimum Gasteiger partial charge on any atom is -0.302 e. The topological polar surface area (TPSA) is 194 Å². The molecule has 1 heterocycles. The Kier molecular flexibility index (Phi) is 5.37. The smallest absolute Gasteiger partial charge is 0.302 e. The van der Waals surface area contributed by atoms with E-state index in [1.165, 1.54) is 6.92 Å². The lowest BCUT2D eigenvalue weighted by Gasteiger charge is -2.05. The lowest BCUT2D eigenvalue weighted by molar-refractivity contribution is 0.202. The van der Waals surface area contributed by atoms with E-state index >= 15 is 0 Å². The Bertz CT molecular complexity index is 758. The third kappa shape index (κ3) is 6.00. The first kappa shape index (κ1) is 17.9. The van der Waals surface area contributed by atoms with Crippen molar-refractivity contribution in [3.05, 3.63) is 32.6 Å². The fraction of sp³-hybridized carbons (Fsp3) is 0.200. The lowest BCUT2D eigenvalue weighted by Crippen LogP contribution is -2.32. The van der Waals surface area contributed by atoms with Gasteiger partial charge in [-0.15, -0.1) is 4.62 Å². The van der Waals surface area contributed by atoms with Gasteiger partial charge in [-0.1, -0.05) is 4.73 Å². The first-order valence-corrected chi connectivity index (χ1v) is 8.79. The molecule has 0 bridgehead atoms. The van der Waals surface area contributed by atoms with Crippen LogP contribution in [-0.4, -0.2) is 24.4 Å². The summed E-state index contributed by atoms with van der Waals surface area (Å²) in [6.07, 6.45) is 0.809. The zero-order valence-electron chi connectivity index (χ0n) is 9.97. The standard InChI is InChI=1S/C5H7N2O11P3/c1-3-2-7(5(9)6-4(3)8)16-19(10)17-21(14,15)18-20(11,12)13/h2H,1H3,(H3-,6,8,9,11,12,13,14,15)/p+1. The van der Waals surface area contributed by atoms with Crippen LogP contribution in [0.15, 0.2) is 15.8 Å². The van der Waals surface area contributed by atoms with Crippen molar-refractivity contribution in [2.75, 3.05) is 0 Å². The van der Waals surface area contributed by atoms with E-state index in [0.29, 0.717) is 0 Å². The Labute approximate surface area is 115 Å². The number of phosphoric acid groups is 2. The van der Waals surface area contributed by atoms with Gasteiger partial charge in [0.25, 0.3) is 5.56 Å². The Morgan fingerprint density at radius 3 is 2.38 bits per heavy atom. The van der Waals surface area contributed by atoms with Gasteiger partial charge in [0.2, 0.25) is 0 Å². The molecule has 0 saturated carbocycles. The summed E-state index contributed by atoms with van der Waals surface area (Å²) in [4.78, 5) is 49.5. The molecule has 21 heavy (non-hydrogen) atoms. The highest BCUT2D eigenvalue weighted by Crippen LogP contribution is 2.61. The average molecular weight is 365 g/mol. The molecule has 1 aromatic heterocycles. The highest BCUT2D eigenvalue weighted by Gasteiger charge is 2.44. The minimum absolute atomic E-state index is 0.0170. The van der Waals surface area contributed by atoms with E-state index in [9.17, 15) is 23.3 Å². The largest absolute Gasteiger partial charge is 0.782 e. The van der Waals surface area contributed by atoms with Crippen LogP contribution >= 0.6 is 23.9 Å². The van der Waals surface area contributed by atoms with Crippen molar-refractivity contribution in [3.8, 4) is 0 Å². The molecule has 2 unspecified atom stereocenters. The van der Waals surface area contributed by atoms with Crippen molar-refractivity contribution in [2.45, 2.75) is 6.92 Å². The highest BCUT2D eigenvalue weighted by atomic mass is 31.3. The van der Waals surface area contributed by atoms with Crippen LogP contribution in [0.5, 0.6) is 0 Å². The van der Waals surface area contributed by atoms with Crippen LogP contribution in [0.3, 0.4) is 0 Å². The monoisotopic (exact) mass is 365 g/mol. The number of H-pyrrole nitrogens is 1. The molecule has 0 aliphatic carbocycles. The summed E-state index contributed by atoms with van der Waals surface area (Å²) in [5.41, 5.74) is -1.92. The predicted octanol–water partition coefficient (Wildman–Crippen LogP) is -0.843. The van der Waals surface area contributed by atoms with Crippen molar-refractivity contribution in [3.63, 3.8) is 0 Å². The van der Waals surface area contributed by atoms with Crippen LogP contribution in [0, 0.1) is 6.92 Å². The zero-order chi connectivity index (χ0) is 16.4. The van der Waals surface area contributed by atoms with Crippen LogP contribution in [0.1, 0.15) is 5.56 Å². The van der Waals surface area contributed by atoms with Gasteiger partial charge in [-0.3, -0.25) is 14.7 Å². The molecule has 13 nitrogen and oxygen atoms in total. The van der Waals surface area contributed by atoms with Gasteiger partial charge in [0, 0.05) is 14.4 Å². The SMILES string of the molecule is Cc1cn(O[P+](=O)OP(=O)(O)OP(=O)(O)O)c(=O)[nH]c1=O. The fourth-order valence-electron chi connectivity index (χ4n) is 0.925. The number of rotatable bonds is 6. The average Bonchev–Trinajstić information content (AvgIpc) is 2.21. The molecule has 4 N–H and O–H groups in total. The Balaban J connectivity index is 2.86. The lowest BCUT2D eigenvalue weighted by atomic mass is 10.4. The summed E-state index contributed by atoms with van der Waals surface area (Å²) in [5.74, 6) is 0. The number of aromatic nitrogens is 2. The van der Waals surface area contributed by atoms with Crippen LogP contribution in [-0.2, 0) is 22.3 Å². The van der Waals surface area contributed by atoms with Crippen molar-refractivity contribution in [2.24, 2.45) is 0 Å². The van der Waals surface area contributed by atoms with Crippen molar-refractivity contribution < 1.29 is 41.6 Å². The molecule has 0 aliphatic heterocycles. The first-order chi connectivity index (χ1) is 9.39. The third-order valence-electron chi connectivity index (χ3n) is 1.62. The second-order valence-corrected chi connectivity index (χ2v) is 7.16. The molecule has 1 rings (SSSR count). The summed E-state index contributed by atoms with van der Waals surface area (Å²) in [7, 11) is -14.3. The zero-order valence-corrected chi connectivity index (χ0v) is 12.7. The van der Waals surface area contributed by atoms with E-state index in [0.717, 1.165) is 6.20 Å². The second-order valence-electron chi connectivity index (χ2n) is 3.32. The molecule has 16 heteroatoms. The van der Waals surface area contributed by atoms with E-state index in [1.807, 2.05) is 0 Å². The Morgan fingerprint density at radius 2 is 1.86 bits per heavy atom. The summed E-state index contributed by atoms with van der Waals surface area (Å²) >= 11 is 0. The molecule has 0 fully saturated rings. The van der Waals surface area contributed by atoms with Gasteiger partial charge in [0.1, 0.15) is 0 Å². The molecule has 2 atom stereocenters. The molecular formula is C5H8N2O11P3+. The van der Waals surface area contributed by atoms with Crippen LogP contribution in [0.4, 0.5) is 0 Å². The van der Waals surface area contributed by atoms with Crippen molar-refractivity contribution in [1.82, 2.24) is 9.71 Å². The van der Waals surface area contributed by atoms with Gasteiger partial charge in [-0.05, 0) is 6.92 Å². The molecule has 0 radical (unpaired) electrons. The number of hydrogen-bond donors (Lipinski definition) is 4. The van der Waals surface area contributed by atoms with Gasteiger partial charge in [-0.25, -0.2) is 13.9 Å². The van der Waals surface area contributed by atoms with Crippen molar-refractivity contribution >= 4 is 23.9 Å². The molecule has 1 aromatic rings. The molecular weight excluding hydrogens is 357 g/mol. The number of nitrogens with one attached hydrogen (secondary N) is 1. The van der Waals surface area contributed by atoms with Gasteiger partial charge in [-0.2, -0.15) is 4.31 Å². The molecule has 0 aromatic carbocycles. The Hall–Kier alpha value is -1.16. The first-order valence-electron chi connectivity index (χ1n) is 4.67.